The molecule has 0 aliphatic rings. The van der Waals surface area contributed by atoms with Gasteiger partial charge in [-0.15, -0.1) is 0 Å². The Morgan fingerprint density at radius 2 is 0.470 bits per heavy atom. The van der Waals surface area contributed by atoms with Crippen molar-refractivity contribution in [1.29, 1.82) is 0 Å². The van der Waals surface area contributed by atoms with Gasteiger partial charge in [-0.1, -0.05) is 296 Å². The third-order valence-corrected chi connectivity index (χ3v) is 14.6. The van der Waals surface area contributed by atoms with Crippen LogP contribution < -0.4 is 0 Å². The normalized spacial score (nSPS) is 13.0. The number of rotatable bonds is 62. The second kappa shape index (κ2) is 70.0. The van der Waals surface area contributed by atoms with Gasteiger partial charge in [0.25, 0.3) is 0 Å². The molecule has 6 heteroatoms. The number of allylic oxidation sites excluding steroid dienone is 22. The van der Waals surface area contributed by atoms with Crippen molar-refractivity contribution in [2.45, 2.75) is 322 Å². The van der Waals surface area contributed by atoms with Crippen molar-refractivity contribution in [1.82, 2.24) is 0 Å². The average Bonchev–Trinajstić information content (AvgIpc) is 3.49. The summed E-state index contributed by atoms with van der Waals surface area (Å²) in [5, 5.41) is 0. The van der Waals surface area contributed by atoms with Gasteiger partial charge < -0.3 is 14.2 Å². The van der Waals surface area contributed by atoms with Crippen LogP contribution in [-0.4, -0.2) is 37.2 Å². The van der Waals surface area contributed by atoms with Gasteiger partial charge in [0.15, 0.2) is 6.10 Å². The van der Waals surface area contributed by atoms with Crippen molar-refractivity contribution in [3.05, 3.63) is 134 Å². The van der Waals surface area contributed by atoms with Crippen molar-refractivity contribution < 1.29 is 28.6 Å². The molecule has 0 heterocycles. The van der Waals surface area contributed by atoms with Crippen LogP contribution in [0.3, 0.4) is 0 Å². The van der Waals surface area contributed by atoms with Crippen molar-refractivity contribution in [3.63, 3.8) is 0 Å². The number of ether oxygens (including phenoxy) is 3. The van der Waals surface area contributed by atoms with E-state index >= 15 is 0 Å². The molecule has 0 aromatic rings. The highest BCUT2D eigenvalue weighted by atomic mass is 16.6. The number of unbranched alkanes of at least 4 members (excludes halogenated alkanes) is 29. The van der Waals surface area contributed by atoms with Crippen molar-refractivity contribution in [3.8, 4) is 0 Å². The first kappa shape index (κ1) is 78.5. The highest BCUT2D eigenvalue weighted by Gasteiger charge is 2.19. The minimum Gasteiger partial charge on any atom is -0.462 e. The Balaban J connectivity index is 4.41. The summed E-state index contributed by atoms with van der Waals surface area (Å²) in [6, 6.07) is 0. The molecule has 83 heavy (non-hydrogen) atoms. The van der Waals surface area contributed by atoms with E-state index in [1.807, 2.05) is 0 Å². The zero-order valence-electron chi connectivity index (χ0n) is 54.2. The maximum atomic E-state index is 13.0. The first-order valence-corrected chi connectivity index (χ1v) is 34.7. The molecular weight excluding hydrogens is 1020 g/mol. The Labute approximate surface area is 513 Å². The molecule has 472 valence electrons. The maximum Gasteiger partial charge on any atom is 0.306 e. The molecule has 0 fully saturated rings. The van der Waals surface area contributed by atoms with Gasteiger partial charge in [-0.25, -0.2) is 0 Å². The molecule has 0 spiro atoms. The monoisotopic (exact) mass is 1150 g/mol. The second-order valence-corrected chi connectivity index (χ2v) is 22.7. The summed E-state index contributed by atoms with van der Waals surface area (Å²) < 4.78 is 17.0. The first-order chi connectivity index (χ1) is 41.0. The van der Waals surface area contributed by atoms with E-state index in [1.54, 1.807) is 0 Å². The van der Waals surface area contributed by atoms with E-state index in [0.717, 1.165) is 141 Å². The van der Waals surface area contributed by atoms with Crippen LogP contribution in [0, 0.1) is 0 Å². The fourth-order valence-corrected chi connectivity index (χ4v) is 9.49. The van der Waals surface area contributed by atoms with Gasteiger partial charge in [0.05, 0.1) is 0 Å². The summed E-state index contributed by atoms with van der Waals surface area (Å²) in [5.41, 5.74) is 0. The van der Waals surface area contributed by atoms with Crippen LogP contribution in [0.1, 0.15) is 316 Å². The number of carbonyl (C=O) groups excluding carboxylic acids is 3. The highest BCUT2D eigenvalue weighted by molar-refractivity contribution is 5.71. The van der Waals surface area contributed by atoms with Crippen LogP contribution in [0.25, 0.3) is 0 Å². The summed E-state index contributed by atoms with van der Waals surface area (Å²) in [7, 11) is 0. The minimum atomic E-state index is -0.800. The SMILES string of the molecule is CC/C=C\C/C=C\C/C=C\C/C=C\CCCCCCCCCCCCCCC(=O)OCC(COC(=O)CCCCCC/C=C\C/C=C\C/C=C\C/C=C\CC)OC(=O)CCCCCCCCCC/C=C\C/C=C\C/C=C\CCCCCCC. The summed E-state index contributed by atoms with van der Waals surface area (Å²) in [6.45, 7) is 6.40. The van der Waals surface area contributed by atoms with Gasteiger partial charge in [-0.3, -0.25) is 14.4 Å². The lowest BCUT2D eigenvalue weighted by atomic mass is 10.0. The van der Waals surface area contributed by atoms with E-state index in [4.69, 9.17) is 14.2 Å². The first-order valence-electron chi connectivity index (χ1n) is 34.7. The van der Waals surface area contributed by atoms with Gasteiger partial charge in [-0.2, -0.15) is 0 Å². The fourth-order valence-electron chi connectivity index (χ4n) is 9.49. The molecule has 0 rings (SSSR count). The van der Waals surface area contributed by atoms with Gasteiger partial charge in [0, 0.05) is 19.3 Å². The van der Waals surface area contributed by atoms with Crippen LogP contribution in [0.4, 0.5) is 0 Å². The van der Waals surface area contributed by atoms with E-state index in [9.17, 15) is 14.4 Å². The Hall–Kier alpha value is -4.45. The molecule has 0 amide bonds. The number of carbonyl (C=O) groups is 3. The van der Waals surface area contributed by atoms with Crippen molar-refractivity contribution in [2.24, 2.45) is 0 Å². The Morgan fingerprint density at radius 1 is 0.253 bits per heavy atom. The van der Waals surface area contributed by atoms with Crippen LogP contribution in [0.2, 0.25) is 0 Å². The third kappa shape index (κ3) is 68.2. The lowest BCUT2D eigenvalue weighted by Gasteiger charge is -2.18. The molecule has 0 saturated heterocycles. The molecule has 0 aliphatic carbocycles. The van der Waals surface area contributed by atoms with Crippen LogP contribution >= 0.6 is 0 Å². The Kier molecular flexibility index (Phi) is 66.3. The van der Waals surface area contributed by atoms with E-state index in [0.29, 0.717) is 19.3 Å². The summed E-state index contributed by atoms with van der Waals surface area (Å²) in [4.78, 5) is 38.5. The quantitative estimate of drug-likeness (QED) is 0.0261. The molecule has 6 nitrogen and oxygen atoms in total. The predicted octanol–water partition coefficient (Wildman–Crippen LogP) is 24.1. The minimum absolute atomic E-state index is 0.0928. The number of hydrogen-bond acceptors (Lipinski definition) is 6. The molecule has 0 aromatic carbocycles. The number of esters is 3. The van der Waals surface area contributed by atoms with E-state index in [2.05, 4.69) is 154 Å². The summed E-state index contributed by atoms with van der Waals surface area (Å²) >= 11 is 0. The largest absolute Gasteiger partial charge is 0.462 e. The van der Waals surface area contributed by atoms with Gasteiger partial charge in [0.2, 0.25) is 0 Å². The molecule has 1 unspecified atom stereocenters. The molecule has 1 atom stereocenters. The van der Waals surface area contributed by atoms with Crippen molar-refractivity contribution in [2.75, 3.05) is 13.2 Å². The maximum absolute atomic E-state index is 13.0. The smallest absolute Gasteiger partial charge is 0.306 e. The number of hydrogen-bond donors (Lipinski definition) is 0. The lowest BCUT2D eigenvalue weighted by Crippen LogP contribution is -2.30. The van der Waals surface area contributed by atoms with Gasteiger partial charge in [0.1, 0.15) is 13.2 Å². The molecule has 0 N–H and O–H groups in total. The highest BCUT2D eigenvalue weighted by Crippen LogP contribution is 2.16. The zero-order valence-corrected chi connectivity index (χ0v) is 54.2. The fraction of sp³-hybridized carbons (Fsp3) is 0.675. The van der Waals surface area contributed by atoms with E-state index in [1.165, 1.54) is 135 Å². The van der Waals surface area contributed by atoms with Crippen LogP contribution in [-0.2, 0) is 28.6 Å². The van der Waals surface area contributed by atoms with Gasteiger partial charge in [-0.05, 0) is 135 Å². The molecular formula is C77H128O6. The van der Waals surface area contributed by atoms with E-state index in [-0.39, 0.29) is 31.1 Å². The van der Waals surface area contributed by atoms with Crippen molar-refractivity contribution >= 4 is 17.9 Å². The zero-order chi connectivity index (χ0) is 59.9. The van der Waals surface area contributed by atoms with E-state index < -0.39 is 6.10 Å². The standard InChI is InChI=1S/C77H128O6/c1-4-7-10-13-16-19-22-25-28-31-33-35-37-38-40-41-43-46-49-52-55-58-61-64-67-70-76(79)82-73-74(72-81-75(78)69-66-63-60-57-54-51-48-45-30-27-24-21-18-15-12-9-6-3)83-77(80)71-68-65-62-59-56-53-50-47-44-42-39-36-34-32-29-26-23-20-17-14-11-8-5-2/h7,9-10,12,16,18-19,21,23,25-28,30,32-35,39,42,48,51,74H,4-6,8,11,13-15,17,20,22,24,29,31,36-38,40-41,43-47,49-50,52-73H2,1-3H3/b10-7-,12-9-,19-16-,21-18-,26-23-,28-25-,30-27-,34-32-,35-33-,42-39-,51-48-. The average molecular weight is 1150 g/mol. The summed E-state index contributed by atoms with van der Waals surface area (Å²) in [5.74, 6) is -0.919. The van der Waals surface area contributed by atoms with Gasteiger partial charge >= 0.3 is 17.9 Å². The molecule has 0 bridgehead atoms. The van der Waals surface area contributed by atoms with Crippen LogP contribution in [0.15, 0.2) is 134 Å². The Morgan fingerprint density at radius 3 is 0.735 bits per heavy atom. The second-order valence-electron chi connectivity index (χ2n) is 22.7. The lowest BCUT2D eigenvalue weighted by molar-refractivity contribution is -0.167. The van der Waals surface area contributed by atoms with Crippen LogP contribution in [0.5, 0.6) is 0 Å². The molecule has 0 radical (unpaired) electrons. The topological polar surface area (TPSA) is 78.9 Å². The molecule has 0 aliphatic heterocycles. The molecule has 0 saturated carbocycles. The predicted molar refractivity (Wildman–Crippen MR) is 362 cm³/mol. The Bertz CT molecular complexity index is 1750. The molecule has 0 aromatic heterocycles. The third-order valence-electron chi connectivity index (χ3n) is 14.6. The summed E-state index contributed by atoms with van der Waals surface area (Å²) in [6.07, 6.45) is 98.9.